The van der Waals surface area contributed by atoms with E-state index in [0.717, 1.165) is 22.0 Å². The van der Waals surface area contributed by atoms with Crippen molar-refractivity contribution in [3.8, 4) is 16.3 Å². The van der Waals surface area contributed by atoms with Crippen LogP contribution in [-0.2, 0) is 13.6 Å². The van der Waals surface area contributed by atoms with Crippen LogP contribution in [0, 0.1) is 0 Å². The van der Waals surface area contributed by atoms with E-state index in [9.17, 15) is 4.79 Å². The fourth-order valence-electron chi connectivity index (χ4n) is 2.50. The molecule has 0 saturated heterocycles. The molecule has 6 heteroatoms. The highest BCUT2D eigenvalue weighted by atomic mass is 32.1. The van der Waals surface area contributed by atoms with Gasteiger partial charge < -0.3 is 10.1 Å². The van der Waals surface area contributed by atoms with Gasteiger partial charge >= 0.3 is 0 Å². The summed E-state index contributed by atoms with van der Waals surface area (Å²) >= 11 is 1.67. The van der Waals surface area contributed by atoms with Gasteiger partial charge in [0.25, 0.3) is 5.91 Å². The highest BCUT2D eigenvalue weighted by molar-refractivity contribution is 7.13. The number of nitrogens with one attached hydrogen (secondary N) is 1. The van der Waals surface area contributed by atoms with Crippen LogP contribution in [0.5, 0.6) is 5.75 Å². The molecule has 0 aliphatic carbocycles. The van der Waals surface area contributed by atoms with Gasteiger partial charge in [0.1, 0.15) is 5.75 Å². The molecule has 1 N–H and O–H groups in total. The fraction of sp³-hybridized carbons (Fsp3) is 0.263. The SMILES string of the molecule is CC(C)Oc1ccc(C(=O)NCc2cc(-c3cccs3)n(C)n2)cc1. The third kappa shape index (κ3) is 4.28. The Balaban J connectivity index is 1.62. The molecule has 0 radical (unpaired) electrons. The predicted molar refractivity (Wildman–Crippen MR) is 99.9 cm³/mol. The van der Waals surface area contributed by atoms with Crippen LogP contribution >= 0.6 is 11.3 Å². The summed E-state index contributed by atoms with van der Waals surface area (Å²) in [4.78, 5) is 13.4. The first-order valence-corrected chi connectivity index (χ1v) is 9.02. The summed E-state index contributed by atoms with van der Waals surface area (Å²) in [5.74, 6) is 0.635. The third-order valence-electron chi connectivity index (χ3n) is 3.62. The first-order chi connectivity index (χ1) is 12.0. The van der Waals surface area contributed by atoms with Crippen molar-refractivity contribution in [2.45, 2.75) is 26.5 Å². The number of ether oxygens (including phenoxy) is 1. The minimum atomic E-state index is -0.126. The molecule has 0 spiro atoms. The molecule has 25 heavy (non-hydrogen) atoms. The van der Waals surface area contributed by atoms with Crippen LogP contribution in [0.25, 0.3) is 10.6 Å². The number of rotatable bonds is 6. The van der Waals surface area contributed by atoms with Crippen LogP contribution in [-0.4, -0.2) is 21.8 Å². The fourth-order valence-corrected chi connectivity index (χ4v) is 3.27. The predicted octanol–water partition coefficient (Wildman–Crippen LogP) is 3.87. The van der Waals surface area contributed by atoms with E-state index in [0.29, 0.717) is 12.1 Å². The summed E-state index contributed by atoms with van der Waals surface area (Å²) in [6.07, 6.45) is 0.112. The minimum absolute atomic E-state index is 0.112. The van der Waals surface area contributed by atoms with Gasteiger partial charge in [-0.05, 0) is 55.6 Å². The number of nitrogens with zero attached hydrogens (tertiary/aromatic N) is 2. The topological polar surface area (TPSA) is 56.1 Å². The largest absolute Gasteiger partial charge is 0.491 e. The molecule has 1 amide bonds. The van der Waals surface area contributed by atoms with Crippen LogP contribution in [0.4, 0.5) is 0 Å². The molecule has 2 heterocycles. The van der Waals surface area contributed by atoms with E-state index in [-0.39, 0.29) is 12.0 Å². The normalized spacial score (nSPS) is 10.9. The van der Waals surface area contributed by atoms with Gasteiger partial charge in [0, 0.05) is 12.6 Å². The Morgan fingerprint density at radius 3 is 2.68 bits per heavy atom. The molecule has 0 aliphatic heterocycles. The Morgan fingerprint density at radius 1 is 1.28 bits per heavy atom. The average Bonchev–Trinajstić information content (AvgIpc) is 3.22. The number of carbonyl (C=O) groups excluding carboxylic acids is 1. The van der Waals surface area contributed by atoms with Crippen molar-refractivity contribution in [1.29, 1.82) is 0 Å². The molecule has 0 aliphatic rings. The van der Waals surface area contributed by atoms with Crippen molar-refractivity contribution in [2.75, 3.05) is 0 Å². The van der Waals surface area contributed by atoms with Gasteiger partial charge in [0.05, 0.1) is 28.9 Å². The van der Waals surface area contributed by atoms with E-state index in [1.165, 1.54) is 0 Å². The van der Waals surface area contributed by atoms with Crippen LogP contribution < -0.4 is 10.1 Å². The Morgan fingerprint density at radius 2 is 2.04 bits per heavy atom. The second kappa shape index (κ2) is 7.53. The molecule has 0 atom stereocenters. The Hall–Kier alpha value is -2.60. The summed E-state index contributed by atoms with van der Waals surface area (Å²) in [7, 11) is 1.91. The minimum Gasteiger partial charge on any atom is -0.491 e. The molecule has 0 fully saturated rings. The lowest BCUT2D eigenvalue weighted by Crippen LogP contribution is -2.23. The number of benzene rings is 1. The van der Waals surface area contributed by atoms with Crippen molar-refractivity contribution in [3.05, 3.63) is 59.1 Å². The van der Waals surface area contributed by atoms with Crippen LogP contribution in [0.2, 0.25) is 0 Å². The first kappa shape index (κ1) is 17.2. The van der Waals surface area contributed by atoms with Crippen LogP contribution in [0.1, 0.15) is 29.9 Å². The second-order valence-corrected chi connectivity index (χ2v) is 6.94. The Bertz CT molecular complexity index is 836. The van der Waals surface area contributed by atoms with E-state index in [2.05, 4.69) is 16.5 Å². The molecule has 1 aromatic carbocycles. The number of aromatic nitrogens is 2. The molecule has 0 saturated carbocycles. The number of hydrogen-bond acceptors (Lipinski definition) is 4. The highest BCUT2D eigenvalue weighted by Crippen LogP contribution is 2.24. The smallest absolute Gasteiger partial charge is 0.251 e. The van der Waals surface area contributed by atoms with Gasteiger partial charge in [0.15, 0.2) is 0 Å². The molecule has 3 rings (SSSR count). The van der Waals surface area contributed by atoms with Crippen molar-refractivity contribution < 1.29 is 9.53 Å². The zero-order chi connectivity index (χ0) is 17.8. The number of hydrogen-bond donors (Lipinski definition) is 1. The molecule has 0 bridgehead atoms. The molecule has 3 aromatic rings. The molecule has 0 unspecified atom stereocenters. The summed E-state index contributed by atoms with van der Waals surface area (Å²) in [5.41, 5.74) is 2.49. The number of amides is 1. The molecule has 130 valence electrons. The maximum atomic E-state index is 12.3. The molecule has 2 aromatic heterocycles. The van der Waals surface area contributed by atoms with E-state index in [4.69, 9.17) is 4.74 Å². The quantitative estimate of drug-likeness (QED) is 0.730. The van der Waals surface area contributed by atoms with E-state index in [1.807, 2.05) is 55.2 Å². The summed E-state index contributed by atoms with van der Waals surface area (Å²) in [6.45, 7) is 4.33. The van der Waals surface area contributed by atoms with Gasteiger partial charge in [0.2, 0.25) is 0 Å². The first-order valence-electron chi connectivity index (χ1n) is 8.14. The van der Waals surface area contributed by atoms with Crippen molar-refractivity contribution >= 4 is 17.2 Å². The molecular weight excluding hydrogens is 334 g/mol. The van der Waals surface area contributed by atoms with Crippen LogP contribution in [0.15, 0.2) is 47.8 Å². The summed E-state index contributed by atoms with van der Waals surface area (Å²) < 4.78 is 7.42. The second-order valence-electron chi connectivity index (χ2n) is 6.00. The van der Waals surface area contributed by atoms with E-state index in [1.54, 1.807) is 23.5 Å². The van der Waals surface area contributed by atoms with Crippen molar-refractivity contribution in [2.24, 2.45) is 7.05 Å². The Labute approximate surface area is 151 Å². The van der Waals surface area contributed by atoms with Crippen molar-refractivity contribution in [3.63, 3.8) is 0 Å². The maximum absolute atomic E-state index is 12.3. The zero-order valence-electron chi connectivity index (χ0n) is 14.5. The monoisotopic (exact) mass is 355 g/mol. The lowest BCUT2D eigenvalue weighted by molar-refractivity contribution is 0.0950. The van der Waals surface area contributed by atoms with Gasteiger partial charge in [-0.3, -0.25) is 9.48 Å². The van der Waals surface area contributed by atoms with E-state index < -0.39 is 0 Å². The maximum Gasteiger partial charge on any atom is 0.251 e. The number of thiophene rings is 1. The van der Waals surface area contributed by atoms with Crippen molar-refractivity contribution in [1.82, 2.24) is 15.1 Å². The Kier molecular flexibility index (Phi) is 5.19. The number of carbonyl (C=O) groups is 1. The van der Waals surface area contributed by atoms with Gasteiger partial charge in [-0.1, -0.05) is 6.07 Å². The summed E-state index contributed by atoms with van der Waals surface area (Å²) in [5, 5.41) is 9.41. The van der Waals surface area contributed by atoms with Gasteiger partial charge in [-0.2, -0.15) is 5.10 Å². The van der Waals surface area contributed by atoms with Crippen LogP contribution in [0.3, 0.4) is 0 Å². The average molecular weight is 355 g/mol. The zero-order valence-corrected chi connectivity index (χ0v) is 15.3. The molecular formula is C19H21N3O2S. The third-order valence-corrected chi connectivity index (χ3v) is 4.51. The number of aryl methyl sites for hydroxylation is 1. The van der Waals surface area contributed by atoms with Gasteiger partial charge in [-0.15, -0.1) is 11.3 Å². The molecule has 5 nitrogen and oxygen atoms in total. The lowest BCUT2D eigenvalue weighted by Gasteiger charge is -2.10. The van der Waals surface area contributed by atoms with Gasteiger partial charge in [-0.25, -0.2) is 0 Å². The summed E-state index contributed by atoms with van der Waals surface area (Å²) in [6, 6.07) is 13.2. The standard InChI is InChI=1S/C19H21N3O2S/c1-13(2)24-16-8-6-14(7-9-16)19(23)20-12-15-11-17(22(3)21-15)18-5-4-10-25-18/h4-11,13H,12H2,1-3H3,(H,20,23). The van der Waals surface area contributed by atoms with E-state index >= 15 is 0 Å². The lowest BCUT2D eigenvalue weighted by atomic mass is 10.2. The highest BCUT2D eigenvalue weighted by Gasteiger charge is 2.11.